The molecule has 0 spiro atoms. The van der Waals surface area contributed by atoms with E-state index in [0.29, 0.717) is 41.7 Å². The Hall–Kier alpha value is -2.90. The molecule has 0 fully saturated rings. The maximum Gasteiger partial charge on any atom is 0.227 e. The molecule has 0 atom stereocenters. The second-order valence-electron chi connectivity index (χ2n) is 5.91. The van der Waals surface area contributed by atoms with Crippen LogP contribution in [0.3, 0.4) is 0 Å². The van der Waals surface area contributed by atoms with Gasteiger partial charge in [-0.25, -0.2) is 0 Å². The van der Waals surface area contributed by atoms with Crippen molar-refractivity contribution in [2.24, 2.45) is 5.73 Å². The minimum Gasteiger partial charge on any atom is -0.493 e. The largest absolute Gasteiger partial charge is 0.493 e. The van der Waals surface area contributed by atoms with Crippen LogP contribution in [0.1, 0.15) is 28.2 Å². The first-order chi connectivity index (χ1) is 13.1. The van der Waals surface area contributed by atoms with E-state index in [1.807, 2.05) is 24.3 Å². The molecule has 0 unspecified atom stereocenters. The van der Waals surface area contributed by atoms with Crippen LogP contribution in [0.2, 0.25) is 0 Å². The summed E-state index contributed by atoms with van der Waals surface area (Å²) in [5.41, 5.74) is 8.01. The first kappa shape index (κ1) is 21.4. The standard InChI is InChI=1S/C20H21N3O4.ClH/c1-25-17-9-7-15(11-18(17)26-2)16(24)8-10-19-22-20(23-27-19)14-5-3-13(12-21)4-6-14;/h3-7,9,11H,8,10,12,21H2,1-2H3;1H. The highest BCUT2D eigenvalue weighted by Crippen LogP contribution is 2.28. The molecular formula is C20H22ClN3O4. The summed E-state index contributed by atoms with van der Waals surface area (Å²) in [6.07, 6.45) is 0.615. The number of carbonyl (C=O) groups is 1. The van der Waals surface area contributed by atoms with Crippen LogP contribution in [0.4, 0.5) is 0 Å². The lowest BCUT2D eigenvalue weighted by Gasteiger charge is -2.08. The van der Waals surface area contributed by atoms with Crippen molar-refractivity contribution in [1.82, 2.24) is 10.1 Å². The molecule has 0 bridgehead atoms. The molecule has 1 heterocycles. The van der Waals surface area contributed by atoms with Crippen molar-refractivity contribution in [3.63, 3.8) is 0 Å². The average Bonchev–Trinajstić information content (AvgIpc) is 3.20. The monoisotopic (exact) mass is 403 g/mol. The third-order valence-electron chi connectivity index (χ3n) is 4.19. The van der Waals surface area contributed by atoms with E-state index >= 15 is 0 Å². The van der Waals surface area contributed by atoms with E-state index in [1.165, 1.54) is 7.11 Å². The molecule has 0 aliphatic heterocycles. The molecule has 0 saturated carbocycles. The van der Waals surface area contributed by atoms with Crippen LogP contribution in [0.5, 0.6) is 11.5 Å². The molecule has 3 rings (SSSR count). The Bertz CT molecular complexity index is 925. The van der Waals surface area contributed by atoms with Crippen LogP contribution in [0, 0.1) is 0 Å². The Kier molecular flexibility index (Phi) is 7.54. The number of hydrogen-bond donors (Lipinski definition) is 1. The van der Waals surface area contributed by atoms with Gasteiger partial charge in [0, 0.05) is 30.5 Å². The number of methoxy groups -OCH3 is 2. The molecule has 3 aromatic rings. The van der Waals surface area contributed by atoms with Crippen molar-refractivity contribution in [3.8, 4) is 22.9 Å². The van der Waals surface area contributed by atoms with Crippen molar-refractivity contribution >= 4 is 18.2 Å². The number of halogens is 1. The van der Waals surface area contributed by atoms with Crippen LogP contribution >= 0.6 is 12.4 Å². The first-order valence-corrected chi connectivity index (χ1v) is 8.51. The summed E-state index contributed by atoms with van der Waals surface area (Å²) in [7, 11) is 3.09. The predicted octanol–water partition coefficient (Wildman–Crippen LogP) is 3.45. The van der Waals surface area contributed by atoms with Gasteiger partial charge in [0.1, 0.15) is 0 Å². The third-order valence-corrected chi connectivity index (χ3v) is 4.19. The molecule has 0 radical (unpaired) electrons. The van der Waals surface area contributed by atoms with Crippen molar-refractivity contribution in [1.29, 1.82) is 0 Å². The van der Waals surface area contributed by atoms with E-state index in [9.17, 15) is 4.79 Å². The Morgan fingerprint density at radius 2 is 1.79 bits per heavy atom. The lowest BCUT2D eigenvalue weighted by molar-refractivity contribution is 0.0979. The van der Waals surface area contributed by atoms with Crippen LogP contribution < -0.4 is 15.2 Å². The van der Waals surface area contributed by atoms with E-state index in [-0.39, 0.29) is 24.6 Å². The molecule has 148 valence electrons. The van der Waals surface area contributed by atoms with Gasteiger partial charge in [0.25, 0.3) is 0 Å². The van der Waals surface area contributed by atoms with Gasteiger partial charge in [-0.1, -0.05) is 29.4 Å². The quantitative estimate of drug-likeness (QED) is 0.575. The molecule has 2 aromatic carbocycles. The predicted molar refractivity (Wildman–Crippen MR) is 107 cm³/mol. The highest BCUT2D eigenvalue weighted by Gasteiger charge is 2.14. The summed E-state index contributed by atoms with van der Waals surface area (Å²) in [6.45, 7) is 0.482. The number of aromatic nitrogens is 2. The smallest absolute Gasteiger partial charge is 0.227 e. The van der Waals surface area contributed by atoms with Crippen LogP contribution in [0.15, 0.2) is 47.0 Å². The fourth-order valence-corrected chi connectivity index (χ4v) is 2.64. The van der Waals surface area contributed by atoms with Gasteiger partial charge < -0.3 is 19.7 Å². The van der Waals surface area contributed by atoms with Gasteiger partial charge in [-0.2, -0.15) is 4.98 Å². The fraction of sp³-hybridized carbons (Fsp3) is 0.250. The van der Waals surface area contributed by atoms with Crippen LogP contribution in [-0.4, -0.2) is 30.1 Å². The summed E-state index contributed by atoms with van der Waals surface area (Å²) in [5.74, 6) is 1.97. The molecular weight excluding hydrogens is 382 g/mol. The molecule has 28 heavy (non-hydrogen) atoms. The zero-order valence-electron chi connectivity index (χ0n) is 15.7. The fourth-order valence-electron chi connectivity index (χ4n) is 2.64. The molecule has 0 saturated heterocycles. The molecule has 1 aromatic heterocycles. The van der Waals surface area contributed by atoms with Crippen molar-refractivity contribution in [2.75, 3.05) is 14.2 Å². The summed E-state index contributed by atoms with van der Waals surface area (Å²) >= 11 is 0. The highest BCUT2D eigenvalue weighted by molar-refractivity contribution is 5.96. The van der Waals surface area contributed by atoms with Gasteiger partial charge >= 0.3 is 0 Å². The Morgan fingerprint density at radius 3 is 2.43 bits per heavy atom. The zero-order valence-corrected chi connectivity index (χ0v) is 16.5. The second kappa shape index (κ2) is 9.87. The van der Waals surface area contributed by atoms with E-state index < -0.39 is 0 Å². The van der Waals surface area contributed by atoms with Gasteiger partial charge in [0.2, 0.25) is 11.7 Å². The lowest BCUT2D eigenvalue weighted by Crippen LogP contribution is -2.02. The topological polar surface area (TPSA) is 100 Å². The van der Waals surface area contributed by atoms with Crippen LogP contribution in [0.25, 0.3) is 11.4 Å². The number of benzene rings is 2. The van der Waals surface area contributed by atoms with Gasteiger partial charge in [0.05, 0.1) is 14.2 Å². The lowest BCUT2D eigenvalue weighted by atomic mass is 10.1. The Labute approximate surface area is 169 Å². The normalized spacial score (nSPS) is 10.2. The van der Waals surface area contributed by atoms with E-state index in [2.05, 4.69) is 10.1 Å². The van der Waals surface area contributed by atoms with E-state index in [0.717, 1.165) is 11.1 Å². The number of Topliss-reactive ketones (excluding diaryl/α,β-unsaturated/α-hetero) is 1. The number of ether oxygens (including phenoxy) is 2. The molecule has 0 aliphatic carbocycles. The van der Waals surface area contributed by atoms with Crippen molar-refractivity contribution in [3.05, 3.63) is 59.5 Å². The molecule has 7 nitrogen and oxygen atoms in total. The van der Waals surface area contributed by atoms with Crippen molar-refractivity contribution in [2.45, 2.75) is 19.4 Å². The number of hydrogen-bond acceptors (Lipinski definition) is 7. The average molecular weight is 404 g/mol. The second-order valence-corrected chi connectivity index (χ2v) is 5.91. The van der Waals surface area contributed by atoms with E-state index in [4.69, 9.17) is 19.7 Å². The molecule has 0 aliphatic rings. The number of carbonyl (C=O) groups excluding carboxylic acids is 1. The highest BCUT2D eigenvalue weighted by atomic mass is 35.5. The Balaban J connectivity index is 0.00000280. The SMILES string of the molecule is COc1ccc(C(=O)CCc2nc(-c3ccc(CN)cc3)no2)cc1OC.Cl. The Morgan fingerprint density at radius 1 is 1.07 bits per heavy atom. The molecule has 8 heteroatoms. The molecule has 2 N–H and O–H groups in total. The summed E-state index contributed by atoms with van der Waals surface area (Å²) in [6, 6.07) is 12.7. The van der Waals surface area contributed by atoms with Gasteiger partial charge in [-0.05, 0) is 23.8 Å². The van der Waals surface area contributed by atoms with Gasteiger partial charge in [-0.15, -0.1) is 12.4 Å². The van der Waals surface area contributed by atoms with E-state index in [1.54, 1.807) is 25.3 Å². The zero-order chi connectivity index (χ0) is 19.2. The third kappa shape index (κ3) is 4.88. The summed E-state index contributed by atoms with van der Waals surface area (Å²) in [4.78, 5) is 16.8. The summed E-state index contributed by atoms with van der Waals surface area (Å²) < 4.78 is 15.7. The van der Waals surface area contributed by atoms with Gasteiger partial charge in [0.15, 0.2) is 17.3 Å². The molecule has 0 amide bonds. The van der Waals surface area contributed by atoms with Crippen molar-refractivity contribution < 1.29 is 18.8 Å². The maximum atomic E-state index is 12.4. The number of nitrogens with two attached hydrogens (primary N) is 1. The first-order valence-electron chi connectivity index (χ1n) is 8.51. The number of rotatable bonds is 8. The minimum atomic E-state index is -0.0389. The maximum absolute atomic E-state index is 12.4. The number of nitrogens with zero attached hydrogens (tertiary/aromatic N) is 2. The summed E-state index contributed by atoms with van der Waals surface area (Å²) in [5, 5.41) is 3.98. The number of aryl methyl sites for hydroxylation is 1. The van der Waals surface area contributed by atoms with Gasteiger partial charge in [-0.3, -0.25) is 4.79 Å². The van der Waals surface area contributed by atoms with Crippen LogP contribution in [-0.2, 0) is 13.0 Å². The minimum absolute atomic E-state index is 0. The number of ketones is 1.